The number of hydrogen-bond donors (Lipinski definition) is 1. The van der Waals surface area contributed by atoms with E-state index in [1.807, 2.05) is 0 Å². The summed E-state index contributed by atoms with van der Waals surface area (Å²) >= 11 is 0. The number of halogens is 4. The van der Waals surface area contributed by atoms with Crippen molar-refractivity contribution in [2.45, 2.75) is 25.6 Å². The highest BCUT2D eigenvalue weighted by Gasteiger charge is 2.31. The Morgan fingerprint density at radius 3 is 2.59 bits per heavy atom. The maximum absolute atomic E-state index is 14.1. The van der Waals surface area contributed by atoms with Gasteiger partial charge in [-0.3, -0.25) is 4.79 Å². The minimum absolute atomic E-state index is 0.0556. The first-order valence-corrected chi connectivity index (χ1v) is 7.93. The monoisotopic (exact) mass is 382 g/mol. The molecule has 0 spiro atoms. The van der Waals surface area contributed by atoms with Crippen LogP contribution in [0.25, 0.3) is 22.1 Å². The summed E-state index contributed by atoms with van der Waals surface area (Å²) in [6.07, 6.45) is -4.99. The van der Waals surface area contributed by atoms with Gasteiger partial charge in [0, 0.05) is 16.9 Å². The van der Waals surface area contributed by atoms with Gasteiger partial charge in [-0.05, 0) is 42.0 Å². The van der Waals surface area contributed by atoms with Gasteiger partial charge in [-0.15, -0.1) is 13.2 Å². The van der Waals surface area contributed by atoms with Crippen molar-refractivity contribution in [3.8, 4) is 16.9 Å². The summed E-state index contributed by atoms with van der Waals surface area (Å²) in [6, 6.07) is 9.03. The largest absolute Gasteiger partial charge is 0.573 e. The van der Waals surface area contributed by atoms with Gasteiger partial charge in [-0.25, -0.2) is 4.39 Å². The zero-order valence-corrected chi connectivity index (χ0v) is 14.0. The predicted octanol–water partition coefficient (Wildman–Crippen LogP) is 5.72. The van der Waals surface area contributed by atoms with Crippen LogP contribution in [0.2, 0.25) is 0 Å². The first-order valence-electron chi connectivity index (χ1n) is 7.93. The molecule has 1 N–H and O–H groups in total. The van der Waals surface area contributed by atoms with Crippen LogP contribution in [0, 0.1) is 5.82 Å². The van der Waals surface area contributed by atoms with Crippen LogP contribution in [0.4, 0.5) is 17.6 Å². The lowest BCUT2D eigenvalue weighted by Gasteiger charge is -2.11. The average Bonchev–Trinajstić information content (AvgIpc) is 2.98. The van der Waals surface area contributed by atoms with Gasteiger partial charge < -0.3 is 14.3 Å². The first-order chi connectivity index (χ1) is 12.6. The number of carboxylic acids is 1. The average molecular weight is 382 g/mol. The van der Waals surface area contributed by atoms with Gasteiger partial charge in [0.2, 0.25) is 0 Å². The maximum atomic E-state index is 14.1. The number of benzene rings is 2. The van der Waals surface area contributed by atoms with E-state index in [9.17, 15) is 22.4 Å². The van der Waals surface area contributed by atoms with Crippen molar-refractivity contribution in [3.63, 3.8) is 0 Å². The Bertz CT molecular complexity index is 991. The molecule has 0 bridgehead atoms. The number of fused-ring (bicyclic) bond motifs is 1. The van der Waals surface area contributed by atoms with Crippen LogP contribution >= 0.6 is 0 Å². The number of rotatable bonds is 5. The van der Waals surface area contributed by atoms with Crippen molar-refractivity contribution >= 4 is 16.9 Å². The smallest absolute Gasteiger partial charge is 0.481 e. The molecule has 8 heteroatoms. The standard InChI is InChI=1S/C19H14F4O4/c1-10(6-18(24)25)17-8-12-7-11(2-5-16(12)26-17)14-9-13(3-4-15(14)20)27-19(21,22)23/h2-5,7-10H,6H2,1H3,(H,24,25). The molecule has 0 amide bonds. The summed E-state index contributed by atoms with van der Waals surface area (Å²) in [6.45, 7) is 1.70. The molecule has 3 aromatic rings. The summed E-state index contributed by atoms with van der Waals surface area (Å²) in [4.78, 5) is 10.8. The zero-order chi connectivity index (χ0) is 19.8. The second-order valence-electron chi connectivity index (χ2n) is 6.09. The van der Waals surface area contributed by atoms with Gasteiger partial charge in [0.05, 0.1) is 6.42 Å². The van der Waals surface area contributed by atoms with E-state index in [1.165, 1.54) is 6.07 Å². The third-order valence-corrected chi connectivity index (χ3v) is 3.98. The number of carbonyl (C=O) groups is 1. The highest BCUT2D eigenvalue weighted by Crippen LogP contribution is 2.34. The van der Waals surface area contributed by atoms with E-state index in [4.69, 9.17) is 9.52 Å². The van der Waals surface area contributed by atoms with E-state index in [1.54, 1.807) is 25.1 Å². The van der Waals surface area contributed by atoms with Gasteiger partial charge >= 0.3 is 12.3 Å². The quantitative estimate of drug-likeness (QED) is 0.574. The van der Waals surface area contributed by atoms with Crippen LogP contribution in [0.5, 0.6) is 5.75 Å². The number of ether oxygens (including phenoxy) is 1. The summed E-state index contributed by atoms with van der Waals surface area (Å²) in [5.74, 6) is -2.10. The van der Waals surface area contributed by atoms with Gasteiger partial charge in [0.25, 0.3) is 0 Å². The molecule has 1 unspecified atom stereocenters. The van der Waals surface area contributed by atoms with Gasteiger partial charge in [-0.1, -0.05) is 13.0 Å². The second-order valence-corrected chi connectivity index (χ2v) is 6.09. The van der Waals surface area contributed by atoms with Crippen molar-refractivity contribution in [2.75, 3.05) is 0 Å². The van der Waals surface area contributed by atoms with Crippen LogP contribution in [0.15, 0.2) is 46.9 Å². The lowest BCUT2D eigenvalue weighted by atomic mass is 10.0. The van der Waals surface area contributed by atoms with E-state index in [0.717, 1.165) is 18.2 Å². The number of carboxylic acid groups (broad SMARTS) is 1. The molecule has 1 aromatic heterocycles. The van der Waals surface area contributed by atoms with Crippen molar-refractivity contribution in [1.29, 1.82) is 0 Å². The zero-order valence-electron chi connectivity index (χ0n) is 14.0. The fourth-order valence-electron chi connectivity index (χ4n) is 2.76. The Labute approximate surface area is 151 Å². The molecule has 0 aliphatic carbocycles. The topological polar surface area (TPSA) is 59.7 Å². The van der Waals surface area contributed by atoms with Crippen molar-refractivity contribution in [1.82, 2.24) is 0 Å². The number of alkyl halides is 3. The van der Waals surface area contributed by atoms with Crippen molar-refractivity contribution in [2.24, 2.45) is 0 Å². The minimum Gasteiger partial charge on any atom is -0.481 e. The maximum Gasteiger partial charge on any atom is 0.573 e. The summed E-state index contributed by atoms with van der Waals surface area (Å²) in [5.41, 5.74) is 0.750. The molecule has 0 saturated carbocycles. The molecule has 0 aliphatic rings. The Kier molecular flexibility index (Phi) is 4.82. The highest BCUT2D eigenvalue weighted by molar-refractivity contribution is 5.84. The molecule has 0 fully saturated rings. The van der Waals surface area contributed by atoms with Crippen molar-refractivity contribution in [3.05, 3.63) is 54.0 Å². The molecule has 4 nitrogen and oxygen atoms in total. The lowest BCUT2D eigenvalue weighted by molar-refractivity contribution is -0.274. The normalized spacial score (nSPS) is 12.9. The molecule has 142 valence electrons. The molecule has 0 saturated heterocycles. The summed E-state index contributed by atoms with van der Waals surface area (Å²) < 4.78 is 60.7. The van der Waals surface area contributed by atoms with E-state index >= 15 is 0 Å². The Hall–Kier alpha value is -3.03. The minimum atomic E-state index is -4.88. The third-order valence-electron chi connectivity index (χ3n) is 3.98. The fraction of sp³-hybridized carbons (Fsp3) is 0.211. The van der Waals surface area contributed by atoms with Gasteiger partial charge in [0.15, 0.2) is 0 Å². The number of furan rings is 1. The summed E-state index contributed by atoms with van der Waals surface area (Å²) in [7, 11) is 0. The molecular weight excluding hydrogens is 368 g/mol. The number of hydrogen-bond acceptors (Lipinski definition) is 3. The Morgan fingerprint density at radius 1 is 1.19 bits per heavy atom. The van der Waals surface area contributed by atoms with E-state index in [-0.39, 0.29) is 17.9 Å². The molecule has 3 rings (SSSR count). The van der Waals surface area contributed by atoms with Crippen LogP contribution in [-0.4, -0.2) is 17.4 Å². The molecule has 1 atom stereocenters. The van der Waals surface area contributed by atoms with Crippen LogP contribution in [-0.2, 0) is 4.79 Å². The molecule has 0 radical (unpaired) electrons. The Morgan fingerprint density at radius 2 is 1.93 bits per heavy atom. The second kappa shape index (κ2) is 6.94. The fourth-order valence-corrected chi connectivity index (χ4v) is 2.76. The molecular formula is C19H14F4O4. The molecule has 1 heterocycles. The Balaban J connectivity index is 1.97. The van der Waals surface area contributed by atoms with Crippen LogP contribution < -0.4 is 4.74 Å². The SMILES string of the molecule is CC(CC(=O)O)c1cc2cc(-c3cc(OC(F)(F)F)ccc3F)ccc2o1. The molecule has 0 aliphatic heterocycles. The lowest BCUT2D eigenvalue weighted by Crippen LogP contribution is -2.17. The van der Waals surface area contributed by atoms with Crippen LogP contribution in [0.1, 0.15) is 25.0 Å². The van der Waals surface area contributed by atoms with E-state index in [2.05, 4.69) is 4.74 Å². The van der Waals surface area contributed by atoms with Gasteiger partial charge in [-0.2, -0.15) is 0 Å². The van der Waals surface area contributed by atoms with Crippen LogP contribution in [0.3, 0.4) is 0 Å². The predicted molar refractivity (Wildman–Crippen MR) is 89.0 cm³/mol. The third kappa shape index (κ3) is 4.39. The van der Waals surface area contributed by atoms with E-state index in [0.29, 0.717) is 22.3 Å². The van der Waals surface area contributed by atoms with Crippen molar-refractivity contribution < 1.29 is 36.6 Å². The van der Waals surface area contributed by atoms with E-state index < -0.39 is 23.9 Å². The highest BCUT2D eigenvalue weighted by atomic mass is 19.4. The number of aliphatic carboxylic acids is 1. The molecule has 27 heavy (non-hydrogen) atoms. The van der Waals surface area contributed by atoms with Gasteiger partial charge in [0.1, 0.15) is 22.9 Å². The summed E-state index contributed by atoms with van der Waals surface area (Å²) in [5, 5.41) is 9.46. The first kappa shape index (κ1) is 18.8. The molecule has 2 aromatic carbocycles.